The summed E-state index contributed by atoms with van der Waals surface area (Å²) in [7, 11) is -0.587. The van der Waals surface area contributed by atoms with Crippen LogP contribution in [-0.4, -0.2) is 38.6 Å². The molecule has 138 valence electrons. The van der Waals surface area contributed by atoms with Gasteiger partial charge in [0.25, 0.3) is 0 Å². The average molecular weight is 372 g/mol. The van der Waals surface area contributed by atoms with Crippen LogP contribution >= 0.6 is 7.14 Å². The molecule has 0 atom stereocenters. The van der Waals surface area contributed by atoms with Gasteiger partial charge in [-0.05, 0) is 42.7 Å². The number of hydrogen-bond donors (Lipinski definition) is 2. The summed E-state index contributed by atoms with van der Waals surface area (Å²) in [6.07, 6.45) is 0. The van der Waals surface area contributed by atoms with Gasteiger partial charge in [-0.25, -0.2) is 0 Å². The van der Waals surface area contributed by atoms with Gasteiger partial charge in [-0.15, -0.1) is 0 Å². The van der Waals surface area contributed by atoms with Crippen LogP contribution in [-0.2, 0) is 20.6 Å². The monoisotopic (exact) mass is 372 g/mol. The first-order chi connectivity index (χ1) is 12.4. The standard InChI is InChI=1S/C20H25N2O3P/c1-24-8-9-25-13-14-10-16-12-19(22-20(16)18(21)11-14)15-4-6-17(7-5-15)26(2,3)23/h4-7,10-12,22H,8-9,13,21H2,1-3H3. The van der Waals surface area contributed by atoms with E-state index in [4.69, 9.17) is 15.2 Å². The zero-order valence-corrected chi connectivity index (χ0v) is 16.3. The van der Waals surface area contributed by atoms with Crippen LogP contribution in [0.4, 0.5) is 5.69 Å². The van der Waals surface area contributed by atoms with Crippen molar-refractivity contribution < 1.29 is 14.0 Å². The molecule has 0 radical (unpaired) electrons. The molecule has 0 amide bonds. The van der Waals surface area contributed by atoms with Crippen molar-refractivity contribution in [2.24, 2.45) is 0 Å². The molecule has 5 nitrogen and oxygen atoms in total. The maximum atomic E-state index is 12.2. The van der Waals surface area contributed by atoms with E-state index >= 15 is 0 Å². The van der Waals surface area contributed by atoms with Gasteiger partial charge in [-0.2, -0.15) is 0 Å². The number of aromatic amines is 1. The molecule has 0 unspecified atom stereocenters. The fraction of sp³-hybridized carbons (Fsp3) is 0.300. The van der Waals surface area contributed by atoms with Crippen LogP contribution in [0.1, 0.15) is 5.56 Å². The second-order valence-corrected chi connectivity index (χ2v) is 9.99. The highest BCUT2D eigenvalue weighted by atomic mass is 31.2. The van der Waals surface area contributed by atoms with Crippen molar-refractivity contribution in [2.45, 2.75) is 6.61 Å². The molecular formula is C20H25N2O3P. The van der Waals surface area contributed by atoms with Crippen molar-refractivity contribution in [3.8, 4) is 11.3 Å². The number of aromatic nitrogens is 1. The molecule has 3 rings (SSSR count). The third kappa shape index (κ3) is 4.18. The van der Waals surface area contributed by atoms with Crippen LogP contribution in [0.3, 0.4) is 0 Å². The lowest BCUT2D eigenvalue weighted by Gasteiger charge is -2.07. The Balaban J connectivity index is 1.86. The maximum absolute atomic E-state index is 12.2. The third-order valence-corrected chi connectivity index (χ3v) is 5.86. The Morgan fingerprint density at radius 3 is 2.46 bits per heavy atom. The average Bonchev–Trinajstić information content (AvgIpc) is 3.03. The Kier molecular flexibility index (Phi) is 5.52. The van der Waals surface area contributed by atoms with Gasteiger partial charge < -0.3 is 24.8 Å². The van der Waals surface area contributed by atoms with Crippen molar-refractivity contribution >= 4 is 29.0 Å². The molecule has 0 saturated heterocycles. The summed E-state index contributed by atoms with van der Waals surface area (Å²) in [5, 5.41) is 1.93. The highest BCUT2D eigenvalue weighted by Gasteiger charge is 2.12. The molecular weight excluding hydrogens is 347 g/mol. The van der Waals surface area contributed by atoms with Crippen molar-refractivity contribution in [1.82, 2.24) is 4.98 Å². The van der Waals surface area contributed by atoms with Gasteiger partial charge in [0, 0.05) is 23.5 Å². The minimum Gasteiger partial charge on any atom is -0.397 e. The Bertz CT molecular complexity index is 942. The van der Waals surface area contributed by atoms with Gasteiger partial charge in [-0.3, -0.25) is 0 Å². The quantitative estimate of drug-likeness (QED) is 0.375. The van der Waals surface area contributed by atoms with Crippen LogP contribution in [0.25, 0.3) is 22.2 Å². The number of nitrogens with one attached hydrogen (secondary N) is 1. The van der Waals surface area contributed by atoms with Crippen LogP contribution in [0.15, 0.2) is 42.5 Å². The zero-order valence-electron chi connectivity index (χ0n) is 15.4. The number of fused-ring (bicyclic) bond motifs is 1. The first-order valence-corrected chi connectivity index (χ1v) is 11.1. The lowest BCUT2D eigenvalue weighted by Crippen LogP contribution is -2.02. The molecule has 0 saturated carbocycles. The molecule has 0 aliphatic rings. The van der Waals surface area contributed by atoms with E-state index in [1.165, 1.54) is 0 Å². The van der Waals surface area contributed by atoms with E-state index < -0.39 is 7.14 Å². The molecule has 1 aromatic heterocycles. The molecule has 6 heteroatoms. The molecule has 3 N–H and O–H groups in total. The van der Waals surface area contributed by atoms with Crippen LogP contribution in [0, 0.1) is 0 Å². The minimum atomic E-state index is -2.24. The number of hydrogen-bond acceptors (Lipinski definition) is 4. The molecule has 0 spiro atoms. The summed E-state index contributed by atoms with van der Waals surface area (Å²) in [5.41, 5.74) is 10.9. The Morgan fingerprint density at radius 1 is 1.08 bits per heavy atom. The number of ether oxygens (including phenoxy) is 2. The van der Waals surface area contributed by atoms with Crippen molar-refractivity contribution in [3.63, 3.8) is 0 Å². The van der Waals surface area contributed by atoms with Crippen LogP contribution in [0.5, 0.6) is 0 Å². The predicted octanol–water partition coefficient (Wildman–Crippen LogP) is 3.83. The van der Waals surface area contributed by atoms with Gasteiger partial charge in [0.2, 0.25) is 0 Å². The van der Waals surface area contributed by atoms with Gasteiger partial charge >= 0.3 is 0 Å². The second-order valence-electron chi connectivity index (χ2n) is 6.78. The Hall–Kier alpha value is -2.07. The smallest absolute Gasteiger partial charge is 0.109 e. The Labute approximate surface area is 153 Å². The lowest BCUT2D eigenvalue weighted by molar-refractivity contribution is 0.0617. The largest absolute Gasteiger partial charge is 0.397 e. The number of nitrogen functional groups attached to an aromatic ring is 1. The number of nitrogens with two attached hydrogens (primary N) is 1. The van der Waals surface area contributed by atoms with Crippen LogP contribution in [0.2, 0.25) is 0 Å². The molecule has 3 aromatic rings. The van der Waals surface area contributed by atoms with Crippen molar-refractivity contribution in [1.29, 1.82) is 0 Å². The Morgan fingerprint density at radius 2 is 1.81 bits per heavy atom. The lowest BCUT2D eigenvalue weighted by atomic mass is 10.1. The van der Waals surface area contributed by atoms with Gasteiger partial charge in [0.1, 0.15) is 7.14 Å². The van der Waals surface area contributed by atoms with E-state index in [0.29, 0.717) is 25.5 Å². The summed E-state index contributed by atoms with van der Waals surface area (Å²) < 4.78 is 22.7. The summed E-state index contributed by atoms with van der Waals surface area (Å²) in [4.78, 5) is 3.39. The summed E-state index contributed by atoms with van der Waals surface area (Å²) >= 11 is 0. The fourth-order valence-corrected chi connectivity index (χ4v) is 3.77. The van der Waals surface area contributed by atoms with E-state index in [0.717, 1.165) is 33.0 Å². The highest BCUT2D eigenvalue weighted by molar-refractivity contribution is 7.70. The van der Waals surface area contributed by atoms with E-state index in [2.05, 4.69) is 17.1 Å². The first-order valence-electron chi connectivity index (χ1n) is 8.52. The number of H-pyrrole nitrogens is 1. The zero-order chi connectivity index (χ0) is 18.7. The third-order valence-electron chi connectivity index (χ3n) is 4.32. The normalized spacial score (nSPS) is 12.0. The summed E-state index contributed by atoms with van der Waals surface area (Å²) in [5.74, 6) is 0. The topological polar surface area (TPSA) is 77.3 Å². The molecule has 0 fully saturated rings. The highest BCUT2D eigenvalue weighted by Crippen LogP contribution is 2.35. The van der Waals surface area contributed by atoms with Crippen molar-refractivity contribution in [2.75, 3.05) is 39.4 Å². The van der Waals surface area contributed by atoms with Crippen molar-refractivity contribution in [3.05, 3.63) is 48.0 Å². The molecule has 0 aliphatic heterocycles. The van der Waals surface area contributed by atoms with E-state index in [9.17, 15) is 4.57 Å². The number of anilines is 1. The molecule has 0 bridgehead atoms. The minimum absolute atomic E-state index is 0.501. The van der Waals surface area contributed by atoms with Gasteiger partial charge in [0.05, 0.1) is 31.0 Å². The predicted molar refractivity (Wildman–Crippen MR) is 109 cm³/mol. The fourth-order valence-electron chi connectivity index (χ4n) is 2.91. The van der Waals surface area contributed by atoms with E-state index in [-0.39, 0.29) is 0 Å². The summed E-state index contributed by atoms with van der Waals surface area (Å²) in [6, 6.07) is 13.9. The molecule has 0 aliphatic carbocycles. The number of benzene rings is 2. The van der Waals surface area contributed by atoms with E-state index in [1.54, 1.807) is 20.4 Å². The van der Waals surface area contributed by atoms with Gasteiger partial charge in [-0.1, -0.05) is 24.3 Å². The second kappa shape index (κ2) is 7.67. The molecule has 1 heterocycles. The van der Waals surface area contributed by atoms with Crippen LogP contribution < -0.4 is 11.0 Å². The SMILES string of the molecule is COCCOCc1cc(N)c2[nH]c(-c3ccc(P(C)(C)=O)cc3)cc2c1. The number of rotatable bonds is 7. The number of methoxy groups -OCH3 is 1. The van der Waals surface area contributed by atoms with E-state index in [1.807, 2.05) is 30.3 Å². The molecule has 26 heavy (non-hydrogen) atoms. The maximum Gasteiger partial charge on any atom is 0.109 e. The van der Waals surface area contributed by atoms with Gasteiger partial charge in [0.15, 0.2) is 0 Å². The summed E-state index contributed by atoms with van der Waals surface area (Å²) in [6.45, 7) is 5.19. The molecule has 2 aromatic carbocycles. The first kappa shape index (κ1) is 18.7.